The minimum atomic E-state index is -1.17. The predicted molar refractivity (Wildman–Crippen MR) is 140 cm³/mol. The van der Waals surface area contributed by atoms with Gasteiger partial charge < -0.3 is 21.1 Å². The second kappa shape index (κ2) is 11.2. The highest BCUT2D eigenvalue weighted by atomic mass is 16.4. The molecule has 0 spiro atoms. The number of benzene rings is 3. The Morgan fingerprint density at radius 3 is 1.28 bits per heavy atom. The number of hydrogen-bond donors (Lipinski definition) is 5. The summed E-state index contributed by atoms with van der Waals surface area (Å²) in [5.41, 5.74) is 2.72. The van der Waals surface area contributed by atoms with Gasteiger partial charge in [-0.3, -0.25) is 19.7 Å². The summed E-state index contributed by atoms with van der Waals surface area (Å²) in [5, 5.41) is 19.3. The molecule has 9 heteroatoms. The van der Waals surface area contributed by atoms with Crippen LogP contribution in [0.2, 0.25) is 0 Å². The van der Waals surface area contributed by atoms with Crippen molar-refractivity contribution in [2.75, 3.05) is 21.3 Å². The summed E-state index contributed by atoms with van der Waals surface area (Å²) in [7, 11) is 0. The molecule has 0 unspecified atom stereocenters. The first kappa shape index (κ1) is 26.0. The van der Waals surface area contributed by atoms with E-state index >= 15 is 0 Å². The zero-order valence-corrected chi connectivity index (χ0v) is 20.2. The lowest BCUT2D eigenvalue weighted by Gasteiger charge is -2.17. The van der Waals surface area contributed by atoms with E-state index in [1.165, 1.54) is 12.1 Å². The van der Waals surface area contributed by atoms with Gasteiger partial charge in [-0.1, -0.05) is 20.8 Å². The highest BCUT2D eigenvalue weighted by molar-refractivity contribution is 6.06. The van der Waals surface area contributed by atoms with Crippen LogP contribution in [0.3, 0.4) is 0 Å². The fraction of sp³-hybridized carbons (Fsp3) is 0.185. The number of carbonyl (C=O) groups is 4. The third kappa shape index (κ3) is 7.98. The molecule has 0 radical (unpaired) electrons. The molecule has 0 aromatic heterocycles. The molecule has 0 fully saturated rings. The van der Waals surface area contributed by atoms with Gasteiger partial charge in [0.25, 0.3) is 11.8 Å². The van der Waals surface area contributed by atoms with E-state index in [0.717, 1.165) is 0 Å². The Morgan fingerprint density at radius 1 is 0.583 bits per heavy atom. The van der Waals surface area contributed by atoms with Gasteiger partial charge in [0.05, 0.1) is 0 Å². The first-order valence-electron chi connectivity index (χ1n) is 11.2. The molecule has 36 heavy (non-hydrogen) atoms. The smallest absolute Gasteiger partial charge is 0.409 e. The lowest BCUT2D eigenvalue weighted by atomic mass is 9.92. The van der Waals surface area contributed by atoms with Gasteiger partial charge >= 0.3 is 6.09 Å². The summed E-state index contributed by atoms with van der Waals surface area (Å²) in [6, 6.07) is 19.2. The molecular weight excluding hydrogens is 460 g/mol. The van der Waals surface area contributed by atoms with Crippen molar-refractivity contribution in [2.24, 2.45) is 5.41 Å². The highest BCUT2D eigenvalue weighted by Gasteiger charge is 2.16. The van der Waals surface area contributed by atoms with Crippen molar-refractivity contribution in [3.8, 4) is 0 Å². The van der Waals surface area contributed by atoms with Crippen LogP contribution in [0.4, 0.5) is 27.5 Å². The molecule has 3 rings (SSSR count). The van der Waals surface area contributed by atoms with Gasteiger partial charge in [-0.05, 0) is 78.2 Å². The Balaban J connectivity index is 1.54. The molecule has 4 amide bonds. The van der Waals surface area contributed by atoms with Crippen molar-refractivity contribution in [2.45, 2.75) is 27.2 Å². The second-order valence-electron chi connectivity index (χ2n) is 9.36. The van der Waals surface area contributed by atoms with Gasteiger partial charge in [0.1, 0.15) is 0 Å². The maximum Gasteiger partial charge on any atom is 0.409 e. The number of hydrogen-bond acceptors (Lipinski definition) is 4. The minimum absolute atomic E-state index is 0.0870. The Morgan fingerprint density at radius 2 is 0.917 bits per heavy atom. The topological polar surface area (TPSA) is 137 Å². The van der Waals surface area contributed by atoms with Gasteiger partial charge in [-0.2, -0.15) is 0 Å². The Bertz CT molecular complexity index is 1250. The van der Waals surface area contributed by atoms with Gasteiger partial charge in [-0.15, -0.1) is 0 Å². The van der Waals surface area contributed by atoms with Gasteiger partial charge in [0.15, 0.2) is 0 Å². The third-order valence-electron chi connectivity index (χ3n) is 4.92. The summed E-state index contributed by atoms with van der Waals surface area (Å²) in [5.74, 6) is -0.762. The third-order valence-corrected chi connectivity index (χ3v) is 4.92. The summed E-state index contributed by atoms with van der Waals surface area (Å²) >= 11 is 0. The second-order valence-corrected chi connectivity index (χ2v) is 9.36. The average molecular weight is 489 g/mol. The van der Waals surface area contributed by atoms with E-state index in [1.54, 1.807) is 60.7 Å². The molecule has 186 valence electrons. The van der Waals surface area contributed by atoms with Crippen molar-refractivity contribution in [3.05, 3.63) is 83.9 Å². The average Bonchev–Trinajstić information content (AvgIpc) is 2.79. The van der Waals surface area contributed by atoms with E-state index in [-0.39, 0.29) is 23.1 Å². The number of amides is 4. The quantitative estimate of drug-likeness (QED) is 0.292. The highest BCUT2D eigenvalue weighted by Crippen LogP contribution is 2.20. The van der Waals surface area contributed by atoms with Crippen molar-refractivity contribution >= 4 is 46.6 Å². The molecule has 0 atom stereocenters. The van der Waals surface area contributed by atoms with Gasteiger partial charge in [0, 0.05) is 40.3 Å². The van der Waals surface area contributed by atoms with Crippen molar-refractivity contribution < 1.29 is 24.3 Å². The first-order chi connectivity index (χ1) is 17.0. The van der Waals surface area contributed by atoms with E-state index in [2.05, 4.69) is 21.3 Å². The number of rotatable bonds is 7. The maximum atomic E-state index is 12.6. The first-order valence-corrected chi connectivity index (χ1v) is 11.2. The zero-order valence-electron chi connectivity index (χ0n) is 20.2. The van der Waals surface area contributed by atoms with Gasteiger partial charge in [-0.25, -0.2) is 4.79 Å². The van der Waals surface area contributed by atoms with Crippen LogP contribution < -0.4 is 21.3 Å². The summed E-state index contributed by atoms with van der Waals surface area (Å²) in [4.78, 5) is 47.8. The predicted octanol–water partition coefficient (Wildman–Crippen LogP) is 5.66. The number of carboxylic acid groups (broad SMARTS) is 1. The lowest BCUT2D eigenvalue weighted by molar-refractivity contribution is -0.117. The fourth-order valence-corrected chi connectivity index (χ4v) is 3.26. The number of nitrogens with one attached hydrogen (secondary N) is 4. The Labute approximate surface area is 208 Å². The van der Waals surface area contributed by atoms with Crippen molar-refractivity contribution in [3.63, 3.8) is 0 Å². The molecule has 5 N–H and O–H groups in total. The van der Waals surface area contributed by atoms with E-state index in [1.807, 2.05) is 20.8 Å². The lowest BCUT2D eigenvalue weighted by Crippen LogP contribution is -2.19. The Kier molecular flexibility index (Phi) is 8.06. The van der Waals surface area contributed by atoms with Crippen LogP contribution in [-0.2, 0) is 4.79 Å². The van der Waals surface area contributed by atoms with Crippen LogP contribution >= 0.6 is 0 Å². The monoisotopic (exact) mass is 488 g/mol. The molecule has 0 saturated heterocycles. The molecule has 3 aromatic rings. The minimum Gasteiger partial charge on any atom is -0.465 e. The molecule has 0 aliphatic carbocycles. The molecular formula is C27H28N4O5. The van der Waals surface area contributed by atoms with Crippen molar-refractivity contribution in [1.29, 1.82) is 0 Å². The molecule has 0 bridgehead atoms. The summed E-state index contributed by atoms with van der Waals surface area (Å²) in [6.07, 6.45) is -0.782. The van der Waals surface area contributed by atoms with E-state index in [4.69, 9.17) is 5.11 Å². The fourth-order valence-electron chi connectivity index (χ4n) is 3.26. The van der Waals surface area contributed by atoms with Crippen LogP contribution in [0.1, 0.15) is 47.9 Å². The van der Waals surface area contributed by atoms with Crippen LogP contribution in [0.15, 0.2) is 72.8 Å². The Hall–Kier alpha value is -4.66. The van der Waals surface area contributed by atoms with Crippen molar-refractivity contribution in [1.82, 2.24) is 0 Å². The van der Waals surface area contributed by atoms with E-state index < -0.39 is 6.09 Å². The van der Waals surface area contributed by atoms with E-state index in [0.29, 0.717) is 40.3 Å². The molecule has 9 nitrogen and oxygen atoms in total. The zero-order chi connectivity index (χ0) is 26.3. The maximum absolute atomic E-state index is 12.6. The summed E-state index contributed by atoms with van der Waals surface area (Å²) < 4.78 is 0. The largest absolute Gasteiger partial charge is 0.465 e. The molecule has 0 aliphatic rings. The molecule has 0 aliphatic heterocycles. The van der Waals surface area contributed by atoms with Crippen LogP contribution in [0.25, 0.3) is 0 Å². The summed E-state index contributed by atoms with van der Waals surface area (Å²) in [6.45, 7) is 5.96. The molecule has 3 aromatic carbocycles. The van der Waals surface area contributed by atoms with E-state index in [9.17, 15) is 19.2 Å². The molecule has 0 saturated carbocycles. The van der Waals surface area contributed by atoms with Crippen LogP contribution in [0.5, 0.6) is 0 Å². The normalized spacial score (nSPS) is 10.8. The standard InChI is InChI=1S/C27H28N4O5/c1-27(2,3)16-23(32)28-19-8-4-17(5-9-19)24(33)29-20-10-6-18(7-11-20)25(34)30-21-12-14-22(15-13-21)31-26(35)36/h4-15,31H,16H2,1-3H3,(H,28,32)(H,29,33)(H,30,34)(H,35,36). The van der Waals surface area contributed by atoms with Gasteiger partial charge in [0.2, 0.25) is 5.91 Å². The SMILES string of the molecule is CC(C)(C)CC(=O)Nc1ccc(C(=O)Nc2ccc(C(=O)Nc3ccc(NC(=O)O)cc3)cc2)cc1. The number of anilines is 4. The van der Waals surface area contributed by atoms with Crippen LogP contribution in [-0.4, -0.2) is 28.9 Å². The molecule has 0 heterocycles. The van der Waals surface area contributed by atoms with Crippen LogP contribution in [0, 0.1) is 5.41 Å². The number of carbonyl (C=O) groups excluding carboxylic acids is 3.